The highest BCUT2D eigenvalue weighted by Gasteiger charge is 2.07. The van der Waals surface area contributed by atoms with Crippen molar-refractivity contribution in [3.63, 3.8) is 0 Å². The largest absolute Gasteiger partial charge is 0.373 e. The SMILES string of the molecule is CCCCCC(O)n1ccnc1C. The van der Waals surface area contributed by atoms with Crippen molar-refractivity contribution < 1.29 is 5.11 Å². The molecule has 1 atom stereocenters. The quantitative estimate of drug-likeness (QED) is 0.709. The standard InChI is InChI=1S/C10H18N2O/c1-3-4-5-6-10(13)12-8-7-11-9(12)2/h7-8,10,13H,3-6H2,1-2H3. The van der Waals surface area contributed by atoms with Gasteiger partial charge in [-0.25, -0.2) is 4.98 Å². The van der Waals surface area contributed by atoms with E-state index in [0.29, 0.717) is 0 Å². The molecule has 0 fully saturated rings. The average molecular weight is 182 g/mol. The summed E-state index contributed by atoms with van der Waals surface area (Å²) in [5.74, 6) is 0.879. The minimum absolute atomic E-state index is 0.394. The van der Waals surface area contributed by atoms with Crippen LogP contribution in [0.4, 0.5) is 0 Å². The lowest BCUT2D eigenvalue weighted by Crippen LogP contribution is -2.08. The lowest BCUT2D eigenvalue weighted by Gasteiger charge is -2.13. The summed E-state index contributed by atoms with van der Waals surface area (Å²) in [7, 11) is 0. The van der Waals surface area contributed by atoms with Crippen LogP contribution in [0.2, 0.25) is 0 Å². The maximum atomic E-state index is 9.74. The molecule has 0 aromatic carbocycles. The molecular formula is C10H18N2O. The van der Waals surface area contributed by atoms with E-state index in [1.165, 1.54) is 12.8 Å². The zero-order valence-electron chi connectivity index (χ0n) is 8.40. The van der Waals surface area contributed by atoms with Gasteiger partial charge in [0.15, 0.2) is 0 Å². The summed E-state index contributed by atoms with van der Waals surface area (Å²) in [5.41, 5.74) is 0. The number of hydrogen-bond acceptors (Lipinski definition) is 2. The molecule has 1 aromatic rings. The van der Waals surface area contributed by atoms with Crippen LogP contribution in [0.15, 0.2) is 12.4 Å². The Hall–Kier alpha value is -0.830. The van der Waals surface area contributed by atoms with Gasteiger partial charge in [-0.05, 0) is 19.8 Å². The normalized spacial score (nSPS) is 13.2. The number of aromatic nitrogens is 2. The number of rotatable bonds is 5. The molecule has 1 rings (SSSR count). The molecule has 1 N–H and O–H groups in total. The molecule has 1 unspecified atom stereocenters. The van der Waals surface area contributed by atoms with Crippen molar-refractivity contribution in [2.24, 2.45) is 0 Å². The van der Waals surface area contributed by atoms with Crippen molar-refractivity contribution in [1.82, 2.24) is 9.55 Å². The summed E-state index contributed by atoms with van der Waals surface area (Å²) >= 11 is 0. The first kappa shape index (κ1) is 10.3. The van der Waals surface area contributed by atoms with Crippen LogP contribution in [0.25, 0.3) is 0 Å². The number of imidazole rings is 1. The number of aliphatic hydroxyl groups excluding tert-OH is 1. The summed E-state index contributed by atoms with van der Waals surface area (Å²) in [4.78, 5) is 4.07. The molecule has 1 aromatic heterocycles. The minimum atomic E-state index is -0.394. The van der Waals surface area contributed by atoms with Crippen molar-refractivity contribution in [2.45, 2.75) is 45.8 Å². The lowest BCUT2D eigenvalue weighted by molar-refractivity contribution is 0.0893. The van der Waals surface area contributed by atoms with Gasteiger partial charge in [0.25, 0.3) is 0 Å². The molecule has 0 saturated heterocycles. The number of aryl methyl sites for hydroxylation is 1. The molecule has 0 radical (unpaired) electrons. The molecule has 3 heteroatoms. The number of aliphatic hydroxyl groups is 1. The molecule has 0 aliphatic carbocycles. The molecule has 0 amide bonds. The second kappa shape index (κ2) is 5.02. The van der Waals surface area contributed by atoms with Gasteiger partial charge in [0, 0.05) is 12.4 Å². The fourth-order valence-corrected chi connectivity index (χ4v) is 1.42. The Morgan fingerprint density at radius 1 is 1.54 bits per heavy atom. The first-order valence-electron chi connectivity index (χ1n) is 4.93. The van der Waals surface area contributed by atoms with E-state index >= 15 is 0 Å². The molecule has 0 aliphatic rings. The van der Waals surface area contributed by atoms with Gasteiger partial charge in [-0.1, -0.05) is 19.8 Å². The maximum Gasteiger partial charge on any atom is 0.131 e. The van der Waals surface area contributed by atoms with Crippen LogP contribution in [-0.4, -0.2) is 14.7 Å². The second-order valence-electron chi connectivity index (χ2n) is 3.36. The predicted octanol–water partition coefficient (Wildman–Crippen LogP) is 2.26. The van der Waals surface area contributed by atoms with Gasteiger partial charge in [-0.2, -0.15) is 0 Å². The average Bonchev–Trinajstić information content (AvgIpc) is 2.52. The Kier molecular flexibility index (Phi) is 3.96. The topological polar surface area (TPSA) is 38.0 Å². The lowest BCUT2D eigenvalue weighted by atomic mass is 10.2. The number of unbranched alkanes of at least 4 members (excludes halogenated alkanes) is 2. The van der Waals surface area contributed by atoms with Gasteiger partial charge >= 0.3 is 0 Å². The van der Waals surface area contributed by atoms with Crippen LogP contribution in [0, 0.1) is 6.92 Å². The van der Waals surface area contributed by atoms with Crippen molar-refractivity contribution in [2.75, 3.05) is 0 Å². The van der Waals surface area contributed by atoms with E-state index in [1.807, 2.05) is 17.7 Å². The smallest absolute Gasteiger partial charge is 0.131 e. The first-order valence-corrected chi connectivity index (χ1v) is 4.93. The van der Waals surface area contributed by atoms with Crippen LogP contribution in [0.5, 0.6) is 0 Å². The molecule has 0 spiro atoms. The monoisotopic (exact) mass is 182 g/mol. The molecular weight excluding hydrogens is 164 g/mol. The van der Waals surface area contributed by atoms with E-state index in [1.54, 1.807) is 6.20 Å². The van der Waals surface area contributed by atoms with Crippen LogP contribution in [0.3, 0.4) is 0 Å². The van der Waals surface area contributed by atoms with Gasteiger partial charge in [0.1, 0.15) is 12.1 Å². The summed E-state index contributed by atoms with van der Waals surface area (Å²) in [6, 6.07) is 0. The van der Waals surface area contributed by atoms with E-state index in [2.05, 4.69) is 11.9 Å². The van der Waals surface area contributed by atoms with Crippen LogP contribution in [-0.2, 0) is 0 Å². The van der Waals surface area contributed by atoms with Gasteiger partial charge in [0.2, 0.25) is 0 Å². The maximum absolute atomic E-state index is 9.74. The highest BCUT2D eigenvalue weighted by molar-refractivity contribution is 4.89. The zero-order valence-corrected chi connectivity index (χ0v) is 8.40. The minimum Gasteiger partial charge on any atom is -0.373 e. The fourth-order valence-electron chi connectivity index (χ4n) is 1.42. The highest BCUT2D eigenvalue weighted by Crippen LogP contribution is 2.13. The van der Waals surface area contributed by atoms with Crippen molar-refractivity contribution >= 4 is 0 Å². The summed E-state index contributed by atoms with van der Waals surface area (Å²) in [5, 5.41) is 9.74. The van der Waals surface area contributed by atoms with Gasteiger partial charge in [0.05, 0.1) is 0 Å². The Morgan fingerprint density at radius 2 is 2.31 bits per heavy atom. The molecule has 0 bridgehead atoms. The summed E-state index contributed by atoms with van der Waals surface area (Å²) < 4.78 is 1.82. The van der Waals surface area contributed by atoms with Crippen LogP contribution in [0.1, 0.15) is 44.7 Å². The molecule has 0 aliphatic heterocycles. The third-order valence-corrected chi connectivity index (χ3v) is 2.25. The molecule has 74 valence electrons. The third kappa shape index (κ3) is 2.84. The van der Waals surface area contributed by atoms with Crippen molar-refractivity contribution in [3.8, 4) is 0 Å². The van der Waals surface area contributed by atoms with Crippen LogP contribution >= 0.6 is 0 Å². The Labute approximate surface area is 79.4 Å². The number of nitrogens with zero attached hydrogens (tertiary/aromatic N) is 2. The van der Waals surface area contributed by atoms with Gasteiger partial charge < -0.3 is 9.67 Å². The van der Waals surface area contributed by atoms with E-state index in [9.17, 15) is 5.11 Å². The second-order valence-corrected chi connectivity index (χ2v) is 3.36. The van der Waals surface area contributed by atoms with E-state index in [-0.39, 0.29) is 0 Å². The Morgan fingerprint density at radius 3 is 2.85 bits per heavy atom. The zero-order chi connectivity index (χ0) is 9.68. The Balaban J connectivity index is 2.39. The van der Waals surface area contributed by atoms with E-state index < -0.39 is 6.23 Å². The Bertz CT molecular complexity index is 245. The van der Waals surface area contributed by atoms with Crippen LogP contribution < -0.4 is 0 Å². The molecule has 1 heterocycles. The van der Waals surface area contributed by atoms with Crippen molar-refractivity contribution in [1.29, 1.82) is 0 Å². The van der Waals surface area contributed by atoms with Gasteiger partial charge in [-0.3, -0.25) is 0 Å². The van der Waals surface area contributed by atoms with Gasteiger partial charge in [-0.15, -0.1) is 0 Å². The first-order chi connectivity index (χ1) is 6.25. The molecule has 13 heavy (non-hydrogen) atoms. The number of hydrogen-bond donors (Lipinski definition) is 1. The predicted molar refractivity (Wildman–Crippen MR) is 52.4 cm³/mol. The van der Waals surface area contributed by atoms with E-state index in [4.69, 9.17) is 0 Å². The van der Waals surface area contributed by atoms with E-state index in [0.717, 1.165) is 18.7 Å². The fraction of sp³-hybridized carbons (Fsp3) is 0.700. The molecule has 3 nitrogen and oxygen atoms in total. The molecule has 0 saturated carbocycles. The third-order valence-electron chi connectivity index (χ3n) is 2.25. The highest BCUT2D eigenvalue weighted by atomic mass is 16.3. The van der Waals surface area contributed by atoms with Crippen molar-refractivity contribution in [3.05, 3.63) is 18.2 Å². The summed E-state index contributed by atoms with van der Waals surface area (Å²) in [6.45, 7) is 4.07. The summed E-state index contributed by atoms with van der Waals surface area (Å²) in [6.07, 6.45) is 7.43.